The van der Waals surface area contributed by atoms with Gasteiger partial charge >= 0.3 is 0 Å². The summed E-state index contributed by atoms with van der Waals surface area (Å²) in [7, 11) is 0. The minimum atomic E-state index is -0.381. The van der Waals surface area contributed by atoms with Gasteiger partial charge in [0.05, 0.1) is 30.9 Å². The Kier molecular flexibility index (Phi) is 7.10. The SMILES string of the molecule is C=CC(=O)N1CCCC(n2cnc3cnc(Nc4ccc(N5CCN(CCO)CC5)cc4F)nc32)C1. The van der Waals surface area contributed by atoms with Crippen LogP contribution in [0.15, 0.2) is 43.4 Å². The van der Waals surface area contributed by atoms with Crippen molar-refractivity contribution in [3.63, 3.8) is 0 Å². The van der Waals surface area contributed by atoms with Crippen molar-refractivity contribution < 1.29 is 14.3 Å². The summed E-state index contributed by atoms with van der Waals surface area (Å²) in [6.07, 6.45) is 6.48. The molecule has 3 aromatic rings. The number of nitrogens with zero attached hydrogens (tertiary/aromatic N) is 7. The first-order valence-corrected chi connectivity index (χ1v) is 12.3. The summed E-state index contributed by atoms with van der Waals surface area (Å²) in [6.45, 7) is 8.93. The average molecular weight is 495 g/mol. The standard InChI is InChI=1S/C25H31FN8O2/c1-2-23(36)33-7-3-4-19(16-33)34-17-28-22-15-27-25(30-24(22)34)29-21-6-5-18(14-20(21)26)32-10-8-31(9-11-32)12-13-35/h2,5-6,14-15,17,19,35H,1,3-4,7-13,16H2,(H,27,29,30). The van der Waals surface area contributed by atoms with Gasteiger partial charge in [-0.05, 0) is 37.1 Å². The second-order valence-electron chi connectivity index (χ2n) is 9.18. The molecule has 0 radical (unpaired) electrons. The number of anilines is 3. The molecule has 2 saturated heterocycles. The van der Waals surface area contributed by atoms with Crippen LogP contribution in [0.4, 0.5) is 21.7 Å². The number of likely N-dealkylation sites (tertiary alicyclic amines) is 1. The van der Waals surface area contributed by atoms with Crippen LogP contribution in [0.5, 0.6) is 0 Å². The Hall–Kier alpha value is -3.57. The zero-order chi connectivity index (χ0) is 25.1. The molecular weight excluding hydrogens is 463 g/mol. The monoisotopic (exact) mass is 494 g/mol. The summed E-state index contributed by atoms with van der Waals surface area (Å²) in [6, 6.07) is 5.17. The zero-order valence-electron chi connectivity index (χ0n) is 20.2. The fourth-order valence-corrected chi connectivity index (χ4v) is 4.96. The maximum Gasteiger partial charge on any atom is 0.246 e. The van der Waals surface area contributed by atoms with Gasteiger partial charge in [-0.15, -0.1) is 0 Å². The fourth-order valence-electron chi connectivity index (χ4n) is 4.96. The normalized spacial score (nSPS) is 19.0. The highest BCUT2D eigenvalue weighted by atomic mass is 19.1. The Labute approximate surface area is 209 Å². The van der Waals surface area contributed by atoms with Gasteiger partial charge in [0.15, 0.2) is 5.65 Å². The number of rotatable bonds is 7. The second kappa shape index (κ2) is 10.6. The minimum Gasteiger partial charge on any atom is -0.395 e. The molecule has 2 aliphatic rings. The molecule has 1 atom stereocenters. The number of hydrogen-bond acceptors (Lipinski definition) is 8. The first-order chi connectivity index (χ1) is 17.6. The Morgan fingerprint density at radius 2 is 2.06 bits per heavy atom. The van der Waals surface area contributed by atoms with Crippen LogP contribution < -0.4 is 10.2 Å². The molecule has 5 rings (SSSR count). The first-order valence-electron chi connectivity index (χ1n) is 12.3. The van der Waals surface area contributed by atoms with Crippen LogP contribution in [-0.4, -0.2) is 92.8 Å². The summed E-state index contributed by atoms with van der Waals surface area (Å²) < 4.78 is 17.0. The molecule has 2 fully saturated rings. The summed E-state index contributed by atoms with van der Waals surface area (Å²) in [5.41, 5.74) is 2.41. The van der Waals surface area contributed by atoms with Crippen LogP contribution >= 0.6 is 0 Å². The van der Waals surface area contributed by atoms with Crippen LogP contribution in [0.25, 0.3) is 11.2 Å². The van der Waals surface area contributed by atoms with Gasteiger partial charge in [0, 0.05) is 51.5 Å². The molecule has 0 bridgehead atoms. The number of carbonyl (C=O) groups is 1. The molecular formula is C25H31FN8O2. The number of aromatic nitrogens is 4. The topological polar surface area (TPSA) is 103 Å². The molecule has 1 aromatic carbocycles. The van der Waals surface area contributed by atoms with Crippen LogP contribution in [0, 0.1) is 5.82 Å². The lowest BCUT2D eigenvalue weighted by atomic mass is 10.1. The number of nitrogens with one attached hydrogen (secondary N) is 1. The Bertz CT molecular complexity index is 1240. The summed E-state index contributed by atoms with van der Waals surface area (Å²) in [4.78, 5) is 31.6. The van der Waals surface area contributed by atoms with Crippen molar-refractivity contribution in [2.75, 3.05) is 62.6 Å². The van der Waals surface area contributed by atoms with E-state index in [1.165, 1.54) is 12.1 Å². The van der Waals surface area contributed by atoms with E-state index >= 15 is 4.39 Å². The van der Waals surface area contributed by atoms with Crippen molar-refractivity contribution in [1.29, 1.82) is 0 Å². The third-order valence-corrected chi connectivity index (χ3v) is 6.94. The molecule has 0 aliphatic carbocycles. The highest BCUT2D eigenvalue weighted by Crippen LogP contribution is 2.27. The van der Waals surface area contributed by atoms with Crippen LogP contribution in [0.1, 0.15) is 18.9 Å². The molecule has 190 valence electrons. The molecule has 0 saturated carbocycles. The van der Waals surface area contributed by atoms with Gasteiger partial charge < -0.3 is 24.8 Å². The van der Waals surface area contributed by atoms with Crippen molar-refractivity contribution in [2.45, 2.75) is 18.9 Å². The van der Waals surface area contributed by atoms with E-state index in [4.69, 9.17) is 5.11 Å². The number of benzene rings is 1. The van der Waals surface area contributed by atoms with Crippen LogP contribution in [0.3, 0.4) is 0 Å². The zero-order valence-corrected chi connectivity index (χ0v) is 20.2. The minimum absolute atomic E-state index is 0.0456. The third kappa shape index (κ3) is 5.02. The number of hydrogen-bond donors (Lipinski definition) is 2. The van der Waals surface area contributed by atoms with E-state index < -0.39 is 0 Å². The van der Waals surface area contributed by atoms with E-state index in [9.17, 15) is 4.79 Å². The van der Waals surface area contributed by atoms with Gasteiger partial charge in [0.25, 0.3) is 0 Å². The van der Waals surface area contributed by atoms with Crippen molar-refractivity contribution in [3.8, 4) is 0 Å². The maximum atomic E-state index is 15.0. The Balaban J connectivity index is 1.30. The van der Waals surface area contributed by atoms with Gasteiger partial charge in [-0.1, -0.05) is 6.58 Å². The van der Waals surface area contributed by atoms with Gasteiger partial charge in [-0.2, -0.15) is 4.98 Å². The van der Waals surface area contributed by atoms with E-state index in [0.29, 0.717) is 36.5 Å². The number of aliphatic hydroxyl groups excluding tert-OH is 1. The van der Waals surface area contributed by atoms with Gasteiger partial charge in [0.2, 0.25) is 11.9 Å². The number of piperidine rings is 1. The van der Waals surface area contributed by atoms with Crippen LogP contribution in [-0.2, 0) is 4.79 Å². The lowest BCUT2D eigenvalue weighted by molar-refractivity contribution is -0.127. The van der Waals surface area contributed by atoms with Crippen LogP contribution in [0.2, 0.25) is 0 Å². The van der Waals surface area contributed by atoms with E-state index in [-0.39, 0.29) is 30.3 Å². The number of β-amino-alcohol motifs (C(OH)–C–C–N with tert-alkyl or cyclic N) is 1. The molecule has 4 heterocycles. The average Bonchev–Trinajstić information content (AvgIpc) is 3.33. The Morgan fingerprint density at radius 3 is 2.81 bits per heavy atom. The molecule has 11 heteroatoms. The molecule has 2 aliphatic heterocycles. The predicted octanol–water partition coefficient (Wildman–Crippen LogP) is 2.17. The molecule has 1 amide bonds. The number of piperazine rings is 1. The Morgan fingerprint density at radius 1 is 1.22 bits per heavy atom. The van der Waals surface area contributed by atoms with Gasteiger partial charge in [0.1, 0.15) is 11.3 Å². The second-order valence-corrected chi connectivity index (χ2v) is 9.18. The lowest BCUT2D eigenvalue weighted by Gasteiger charge is -2.35. The van der Waals surface area contributed by atoms with Crippen molar-refractivity contribution in [1.82, 2.24) is 29.3 Å². The summed E-state index contributed by atoms with van der Waals surface area (Å²) in [5, 5.41) is 12.1. The number of aliphatic hydroxyl groups is 1. The molecule has 2 N–H and O–H groups in total. The van der Waals surface area contributed by atoms with E-state index in [1.807, 2.05) is 10.6 Å². The summed E-state index contributed by atoms with van der Waals surface area (Å²) >= 11 is 0. The molecule has 10 nitrogen and oxygen atoms in total. The van der Waals surface area contributed by atoms with Crippen molar-refractivity contribution >= 4 is 34.4 Å². The number of imidazole rings is 1. The number of carbonyl (C=O) groups excluding carboxylic acids is 1. The van der Waals surface area contributed by atoms with E-state index in [1.54, 1.807) is 23.5 Å². The third-order valence-electron chi connectivity index (χ3n) is 6.94. The van der Waals surface area contributed by atoms with E-state index in [0.717, 1.165) is 44.7 Å². The quantitative estimate of drug-likeness (QED) is 0.482. The van der Waals surface area contributed by atoms with Gasteiger partial charge in [-0.3, -0.25) is 9.69 Å². The first kappa shape index (κ1) is 24.1. The van der Waals surface area contributed by atoms with Crippen molar-refractivity contribution in [2.24, 2.45) is 0 Å². The van der Waals surface area contributed by atoms with Gasteiger partial charge in [-0.25, -0.2) is 14.4 Å². The largest absolute Gasteiger partial charge is 0.395 e. The molecule has 1 unspecified atom stereocenters. The maximum absolute atomic E-state index is 15.0. The smallest absolute Gasteiger partial charge is 0.246 e. The molecule has 2 aromatic heterocycles. The number of halogens is 1. The predicted molar refractivity (Wildman–Crippen MR) is 136 cm³/mol. The van der Waals surface area contributed by atoms with E-state index in [2.05, 4.69) is 36.6 Å². The summed E-state index contributed by atoms with van der Waals surface area (Å²) in [5.74, 6) is -0.177. The fraction of sp³-hybridized carbons (Fsp3) is 0.440. The highest BCUT2D eigenvalue weighted by Gasteiger charge is 2.25. The number of amides is 1. The van der Waals surface area contributed by atoms with Crippen molar-refractivity contribution in [3.05, 3.63) is 49.2 Å². The lowest BCUT2D eigenvalue weighted by Crippen LogP contribution is -2.47. The highest BCUT2D eigenvalue weighted by molar-refractivity contribution is 5.87. The molecule has 36 heavy (non-hydrogen) atoms. The number of fused-ring (bicyclic) bond motifs is 1. The molecule has 0 spiro atoms.